The molecule has 1 aromatic carbocycles. The smallest absolute Gasteiger partial charge is 0.177 e. The number of aryl methyl sites for hydroxylation is 1. The van der Waals surface area contributed by atoms with Crippen molar-refractivity contribution < 1.29 is 4.74 Å². The van der Waals surface area contributed by atoms with E-state index in [1.165, 1.54) is 11.1 Å². The molecule has 0 bridgehead atoms. The summed E-state index contributed by atoms with van der Waals surface area (Å²) in [5, 5.41) is 13.3. The van der Waals surface area contributed by atoms with Gasteiger partial charge in [0.25, 0.3) is 0 Å². The third kappa shape index (κ3) is 3.30. The monoisotopic (exact) mass is 363 g/mol. The number of aromatic nitrogens is 4. The zero-order valence-electron chi connectivity index (χ0n) is 15.8. The maximum atomic E-state index is 5.60. The molecule has 2 aliphatic heterocycles. The second kappa shape index (κ2) is 6.93. The fourth-order valence-corrected chi connectivity index (χ4v) is 4.25. The first-order valence-corrected chi connectivity index (χ1v) is 9.92. The van der Waals surface area contributed by atoms with Crippen LogP contribution in [0.4, 0.5) is 0 Å². The van der Waals surface area contributed by atoms with E-state index in [1.54, 1.807) is 0 Å². The van der Waals surface area contributed by atoms with E-state index in [-0.39, 0.29) is 0 Å². The number of piperidine rings is 1. The molecule has 0 aliphatic carbocycles. The van der Waals surface area contributed by atoms with Crippen molar-refractivity contribution >= 4 is 5.65 Å². The number of nitrogens with zero attached hydrogens (tertiary/aromatic N) is 5. The number of ether oxygens (including phenoxy) is 1. The summed E-state index contributed by atoms with van der Waals surface area (Å²) in [6, 6.07) is 10.7. The van der Waals surface area contributed by atoms with E-state index in [1.807, 2.05) is 23.6 Å². The highest BCUT2D eigenvalue weighted by Crippen LogP contribution is 2.28. The Morgan fingerprint density at radius 3 is 2.89 bits per heavy atom. The van der Waals surface area contributed by atoms with Crippen LogP contribution in [0.3, 0.4) is 0 Å². The van der Waals surface area contributed by atoms with Crippen molar-refractivity contribution in [2.75, 3.05) is 26.2 Å². The highest BCUT2D eigenvalue weighted by atomic mass is 16.5. The summed E-state index contributed by atoms with van der Waals surface area (Å²) in [7, 11) is 0. The molecule has 3 aromatic rings. The highest BCUT2D eigenvalue weighted by Gasteiger charge is 2.25. The summed E-state index contributed by atoms with van der Waals surface area (Å²) < 4.78 is 7.54. The van der Waals surface area contributed by atoms with E-state index < -0.39 is 0 Å². The molecule has 2 aromatic heterocycles. The molecule has 0 radical (unpaired) electrons. The van der Waals surface area contributed by atoms with Gasteiger partial charge in [-0.1, -0.05) is 12.1 Å². The van der Waals surface area contributed by atoms with E-state index >= 15 is 0 Å². The van der Waals surface area contributed by atoms with Crippen molar-refractivity contribution in [1.29, 1.82) is 0 Å². The van der Waals surface area contributed by atoms with E-state index in [2.05, 4.69) is 38.4 Å². The lowest BCUT2D eigenvalue weighted by atomic mass is 9.95. The van der Waals surface area contributed by atoms with Gasteiger partial charge in [-0.3, -0.25) is 0 Å². The van der Waals surface area contributed by atoms with Crippen LogP contribution < -0.4 is 4.74 Å². The summed E-state index contributed by atoms with van der Waals surface area (Å²) in [6.07, 6.45) is 4.39. The standard InChI is InChI=1S/C21H25N5O/c1-15-2-5-20-22-23-21(26(20)24-15)17-7-11-25(12-8-17)10-6-16-3-4-19-18(14-16)9-13-27-19/h2-5,14,17H,6-13H2,1H3. The molecule has 0 saturated carbocycles. The fourth-order valence-electron chi connectivity index (χ4n) is 4.25. The average molecular weight is 363 g/mol. The summed E-state index contributed by atoms with van der Waals surface area (Å²) in [6.45, 7) is 6.18. The molecule has 0 N–H and O–H groups in total. The van der Waals surface area contributed by atoms with E-state index in [9.17, 15) is 0 Å². The minimum atomic E-state index is 0.447. The van der Waals surface area contributed by atoms with Crippen molar-refractivity contribution in [2.24, 2.45) is 0 Å². The van der Waals surface area contributed by atoms with Gasteiger partial charge in [0.2, 0.25) is 0 Å². The minimum Gasteiger partial charge on any atom is -0.493 e. The Morgan fingerprint density at radius 2 is 2.00 bits per heavy atom. The van der Waals surface area contributed by atoms with Gasteiger partial charge in [-0.15, -0.1) is 10.2 Å². The summed E-state index contributed by atoms with van der Waals surface area (Å²) in [5.41, 5.74) is 4.64. The van der Waals surface area contributed by atoms with Crippen LogP contribution in [0.5, 0.6) is 5.75 Å². The van der Waals surface area contributed by atoms with E-state index in [0.29, 0.717) is 5.92 Å². The second-order valence-electron chi connectivity index (χ2n) is 7.71. The molecule has 6 nitrogen and oxygen atoms in total. The van der Waals surface area contributed by atoms with Gasteiger partial charge in [0.1, 0.15) is 5.75 Å². The van der Waals surface area contributed by atoms with Gasteiger partial charge in [0, 0.05) is 18.9 Å². The highest BCUT2D eigenvalue weighted by molar-refractivity contribution is 5.40. The lowest BCUT2D eigenvalue weighted by molar-refractivity contribution is 0.210. The molecule has 2 aliphatic rings. The summed E-state index contributed by atoms with van der Waals surface area (Å²) in [4.78, 5) is 2.57. The van der Waals surface area contributed by atoms with Gasteiger partial charge in [-0.2, -0.15) is 9.61 Å². The van der Waals surface area contributed by atoms with Gasteiger partial charge >= 0.3 is 0 Å². The Hall–Kier alpha value is -2.47. The Kier molecular flexibility index (Phi) is 4.28. The molecule has 1 fully saturated rings. The average Bonchev–Trinajstić information content (AvgIpc) is 3.33. The Labute approximate surface area is 159 Å². The molecular formula is C21H25N5O. The first kappa shape index (κ1) is 16.7. The molecule has 0 amide bonds. The van der Waals surface area contributed by atoms with Crippen LogP contribution in [-0.4, -0.2) is 51.0 Å². The lowest BCUT2D eigenvalue weighted by Gasteiger charge is -2.31. The van der Waals surface area contributed by atoms with Crippen LogP contribution >= 0.6 is 0 Å². The van der Waals surface area contributed by atoms with Gasteiger partial charge in [0.15, 0.2) is 11.5 Å². The third-order valence-electron chi connectivity index (χ3n) is 5.84. The van der Waals surface area contributed by atoms with Crippen LogP contribution in [0, 0.1) is 6.92 Å². The van der Waals surface area contributed by atoms with Gasteiger partial charge in [-0.25, -0.2) is 0 Å². The van der Waals surface area contributed by atoms with Crippen molar-refractivity contribution in [2.45, 2.75) is 38.5 Å². The molecule has 27 heavy (non-hydrogen) atoms. The molecule has 0 atom stereocenters. The maximum Gasteiger partial charge on any atom is 0.177 e. The molecule has 140 valence electrons. The van der Waals surface area contributed by atoms with Crippen molar-refractivity contribution in [3.63, 3.8) is 0 Å². The number of likely N-dealkylation sites (tertiary alicyclic amines) is 1. The second-order valence-corrected chi connectivity index (χ2v) is 7.71. The van der Waals surface area contributed by atoms with E-state index in [0.717, 1.165) is 74.8 Å². The predicted octanol–water partition coefficient (Wildman–Crippen LogP) is 2.79. The zero-order valence-corrected chi connectivity index (χ0v) is 15.8. The largest absolute Gasteiger partial charge is 0.493 e. The summed E-state index contributed by atoms with van der Waals surface area (Å²) >= 11 is 0. The quantitative estimate of drug-likeness (QED) is 0.713. The van der Waals surface area contributed by atoms with Crippen LogP contribution in [0.15, 0.2) is 30.3 Å². The topological polar surface area (TPSA) is 55.5 Å². The third-order valence-corrected chi connectivity index (χ3v) is 5.84. The Bertz CT molecular complexity index is 958. The number of fused-ring (bicyclic) bond motifs is 2. The number of rotatable bonds is 4. The molecule has 6 heteroatoms. The lowest BCUT2D eigenvalue weighted by Crippen LogP contribution is -2.35. The number of benzene rings is 1. The van der Waals surface area contributed by atoms with Gasteiger partial charge < -0.3 is 9.64 Å². The SMILES string of the molecule is Cc1ccc2nnc(C3CCN(CCc4ccc5c(c4)CCO5)CC3)n2n1. The van der Waals surface area contributed by atoms with Crippen LogP contribution in [-0.2, 0) is 12.8 Å². The molecule has 0 unspecified atom stereocenters. The Balaban J connectivity index is 1.19. The molecule has 0 spiro atoms. The number of hydrogen-bond acceptors (Lipinski definition) is 5. The molecule has 5 rings (SSSR count). The minimum absolute atomic E-state index is 0.447. The Morgan fingerprint density at radius 1 is 1.11 bits per heavy atom. The maximum absolute atomic E-state index is 5.60. The van der Waals surface area contributed by atoms with Crippen LogP contribution in [0.25, 0.3) is 5.65 Å². The first-order valence-electron chi connectivity index (χ1n) is 9.92. The van der Waals surface area contributed by atoms with Crippen LogP contribution in [0.2, 0.25) is 0 Å². The number of hydrogen-bond donors (Lipinski definition) is 0. The van der Waals surface area contributed by atoms with Crippen molar-refractivity contribution in [1.82, 2.24) is 24.7 Å². The first-order chi connectivity index (χ1) is 13.3. The molecular weight excluding hydrogens is 338 g/mol. The molecule has 4 heterocycles. The summed E-state index contributed by atoms with van der Waals surface area (Å²) in [5.74, 6) is 2.54. The van der Waals surface area contributed by atoms with Gasteiger partial charge in [-0.05, 0) is 68.6 Å². The zero-order chi connectivity index (χ0) is 18.2. The normalized spacial score (nSPS) is 18.0. The van der Waals surface area contributed by atoms with Crippen molar-refractivity contribution in [3.8, 4) is 5.75 Å². The van der Waals surface area contributed by atoms with Crippen molar-refractivity contribution in [3.05, 3.63) is 53.0 Å². The van der Waals surface area contributed by atoms with E-state index in [4.69, 9.17) is 4.74 Å². The molecule has 1 saturated heterocycles. The van der Waals surface area contributed by atoms with Gasteiger partial charge in [0.05, 0.1) is 12.3 Å². The fraction of sp³-hybridized carbons (Fsp3) is 0.476. The predicted molar refractivity (Wildman–Crippen MR) is 103 cm³/mol. The van der Waals surface area contributed by atoms with Crippen LogP contribution in [0.1, 0.15) is 41.4 Å².